The molecule has 2 heterocycles. The Labute approximate surface area is 134 Å². The van der Waals surface area contributed by atoms with Crippen LogP contribution >= 0.6 is 11.3 Å². The Morgan fingerprint density at radius 3 is 2.95 bits per heavy atom. The first kappa shape index (κ1) is 17.2. The molecule has 1 aliphatic heterocycles. The molecule has 7 nitrogen and oxygen atoms in total. The molecule has 0 spiro atoms. The number of carbonyl (C=O) groups excluding carboxylic acids is 1. The van der Waals surface area contributed by atoms with Crippen LogP contribution in [0.25, 0.3) is 0 Å². The monoisotopic (exact) mass is 346 g/mol. The highest BCUT2D eigenvalue weighted by Gasteiger charge is 2.31. The van der Waals surface area contributed by atoms with E-state index in [1.54, 1.807) is 7.05 Å². The second-order valence-corrected chi connectivity index (χ2v) is 8.72. The van der Waals surface area contributed by atoms with Gasteiger partial charge < -0.3 is 11.1 Å². The van der Waals surface area contributed by atoms with Gasteiger partial charge in [0.25, 0.3) is 0 Å². The smallest absolute Gasteiger partial charge is 0.234 e. The summed E-state index contributed by atoms with van der Waals surface area (Å²) < 4.78 is 22.9. The molecule has 1 aromatic rings. The van der Waals surface area contributed by atoms with Gasteiger partial charge in [-0.05, 0) is 26.3 Å². The first-order valence-electron chi connectivity index (χ1n) is 7.23. The van der Waals surface area contributed by atoms with Gasteiger partial charge in [-0.2, -0.15) is 0 Å². The van der Waals surface area contributed by atoms with Crippen molar-refractivity contribution in [2.24, 2.45) is 0 Å². The predicted molar refractivity (Wildman–Crippen MR) is 87.5 cm³/mol. The molecule has 2 rings (SSSR count). The van der Waals surface area contributed by atoms with Crippen molar-refractivity contribution < 1.29 is 13.2 Å². The van der Waals surface area contributed by atoms with Gasteiger partial charge in [0.05, 0.1) is 23.7 Å². The fourth-order valence-electron chi connectivity index (χ4n) is 2.47. The number of hydrogen-bond donors (Lipinski definition) is 2. The number of nitrogen functional groups attached to an aromatic ring is 1. The van der Waals surface area contributed by atoms with Crippen LogP contribution in [0.5, 0.6) is 0 Å². The first-order chi connectivity index (χ1) is 10.4. The highest BCUT2D eigenvalue weighted by Crippen LogP contribution is 2.16. The van der Waals surface area contributed by atoms with Crippen molar-refractivity contribution in [2.45, 2.75) is 25.3 Å². The Morgan fingerprint density at radius 1 is 1.59 bits per heavy atom. The Hall–Kier alpha value is -1.19. The van der Waals surface area contributed by atoms with Crippen LogP contribution < -0.4 is 11.1 Å². The fraction of sp³-hybridized carbons (Fsp3) is 0.692. The first-order valence-corrected chi connectivity index (χ1v) is 9.93. The Balaban J connectivity index is 1.63. The predicted octanol–water partition coefficient (Wildman–Crippen LogP) is -0.107. The van der Waals surface area contributed by atoms with Gasteiger partial charge in [-0.3, -0.25) is 9.69 Å². The Bertz CT molecular complexity index is 615. The number of nitrogens with zero attached hydrogens (tertiary/aromatic N) is 2. The fourth-order valence-corrected chi connectivity index (χ4v) is 4.87. The number of aryl methyl sites for hydroxylation is 1. The molecule has 1 aliphatic rings. The summed E-state index contributed by atoms with van der Waals surface area (Å²) in [6.45, 7) is 0.802. The van der Waals surface area contributed by atoms with E-state index in [0.717, 1.165) is 18.5 Å². The van der Waals surface area contributed by atoms with Gasteiger partial charge in [0.15, 0.2) is 15.0 Å². The van der Waals surface area contributed by atoms with Crippen LogP contribution in [0.1, 0.15) is 18.5 Å². The average Bonchev–Trinajstić information content (AvgIpc) is 3.00. The summed E-state index contributed by atoms with van der Waals surface area (Å²) in [6.07, 6.45) is 2.19. The van der Waals surface area contributed by atoms with Crippen molar-refractivity contribution in [3.63, 3.8) is 0 Å². The van der Waals surface area contributed by atoms with E-state index in [2.05, 4.69) is 10.3 Å². The molecule has 9 heteroatoms. The van der Waals surface area contributed by atoms with Crippen LogP contribution in [0.4, 0.5) is 5.13 Å². The van der Waals surface area contributed by atoms with Gasteiger partial charge in [0, 0.05) is 18.0 Å². The maximum Gasteiger partial charge on any atom is 0.234 e. The molecule has 3 N–H and O–H groups in total. The van der Waals surface area contributed by atoms with E-state index < -0.39 is 9.84 Å². The van der Waals surface area contributed by atoms with Gasteiger partial charge in [-0.1, -0.05) is 0 Å². The van der Waals surface area contributed by atoms with Gasteiger partial charge in [-0.15, -0.1) is 11.3 Å². The van der Waals surface area contributed by atoms with Gasteiger partial charge in [-0.25, -0.2) is 13.4 Å². The molecule has 0 aromatic carbocycles. The normalized spacial score (nSPS) is 20.4. The number of sulfone groups is 1. The van der Waals surface area contributed by atoms with Crippen LogP contribution in [0.2, 0.25) is 0 Å². The molecule has 1 unspecified atom stereocenters. The third-order valence-electron chi connectivity index (χ3n) is 3.73. The van der Waals surface area contributed by atoms with Gasteiger partial charge in [0.2, 0.25) is 5.91 Å². The van der Waals surface area contributed by atoms with E-state index in [1.807, 2.05) is 10.3 Å². The lowest BCUT2D eigenvalue weighted by molar-refractivity contribution is -0.122. The molecule has 1 saturated heterocycles. The van der Waals surface area contributed by atoms with Crippen LogP contribution in [-0.4, -0.2) is 61.9 Å². The van der Waals surface area contributed by atoms with E-state index in [9.17, 15) is 13.2 Å². The maximum atomic E-state index is 11.9. The van der Waals surface area contributed by atoms with E-state index in [0.29, 0.717) is 18.1 Å². The molecule has 1 atom stereocenters. The second kappa shape index (κ2) is 7.38. The summed E-state index contributed by atoms with van der Waals surface area (Å²) >= 11 is 1.41. The molecule has 22 heavy (non-hydrogen) atoms. The Kier molecular flexibility index (Phi) is 5.76. The summed E-state index contributed by atoms with van der Waals surface area (Å²) in [6, 6.07) is -0.0475. The van der Waals surface area contributed by atoms with Crippen LogP contribution in [0.15, 0.2) is 5.38 Å². The van der Waals surface area contributed by atoms with Crippen LogP contribution in [-0.2, 0) is 21.1 Å². The number of carbonyl (C=O) groups is 1. The number of thiazole rings is 1. The van der Waals surface area contributed by atoms with Crippen molar-refractivity contribution in [3.05, 3.63) is 11.1 Å². The number of amides is 1. The number of aromatic nitrogens is 1. The molecule has 0 aliphatic carbocycles. The lowest BCUT2D eigenvalue weighted by Gasteiger charge is -2.22. The third-order valence-corrected chi connectivity index (χ3v) is 6.20. The van der Waals surface area contributed by atoms with Crippen molar-refractivity contribution in [1.82, 2.24) is 15.2 Å². The van der Waals surface area contributed by atoms with E-state index in [-0.39, 0.29) is 30.0 Å². The molecule has 1 aromatic heterocycles. The zero-order chi connectivity index (χ0) is 16.2. The summed E-state index contributed by atoms with van der Waals surface area (Å²) in [5.74, 6) is 0.298. The topological polar surface area (TPSA) is 105 Å². The minimum atomic E-state index is -2.92. The summed E-state index contributed by atoms with van der Waals surface area (Å²) in [5.41, 5.74) is 6.50. The van der Waals surface area contributed by atoms with Crippen LogP contribution in [0, 0.1) is 0 Å². The Morgan fingerprint density at radius 2 is 2.36 bits per heavy atom. The number of hydrogen-bond acceptors (Lipinski definition) is 7. The quantitative estimate of drug-likeness (QED) is 0.668. The lowest BCUT2D eigenvalue weighted by Crippen LogP contribution is -2.41. The number of likely N-dealkylation sites (N-methyl/N-ethyl adjacent to an activating group) is 1. The second-order valence-electron chi connectivity index (χ2n) is 5.60. The SMILES string of the molecule is CN(CC(=O)NCCCc1csc(N)n1)C1CCS(=O)(=O)C1. The molecule has 1 amide bonds. The zero-order valence-corrected chi connectivity index (χ0v) is 14.3. The highest BCUT2D eigenvalue weighted by molar-refractivity contribution is 7.91. The van der Waals surface area contributed by atoms with E-state index >= 15 is 0 Å². The molecule has 0 radical (unpaired) electrons. The van der Waals surface area contributed by atoms with Crippen LogP contribution in [0.3, 0.4) is 0 Å². The maximum absolute atomic E-state index is 11.9. The molecule has 124 valence electrons. The standard InChI is InChI=1S/C13H22N4O3S2/c1-17(11-4-6-22(19,20)9-11)7-12(18)15-5-2-3-10-8-21-13(14)16-10/h8,11H,2-7,9H2,1H3,(H2,14,16)(H,15,18). The van der Waals surface area contributed by atoms with Gasteiger partial charge >= 0.3 is 0 Å². The van der Waals surface area contributed by atoms with Crippen molar-refractivity contribution in [3.8, 4) is 0 Å². The van der Waals surface area contributed by atoms with Gasteiger partial charge in [0.1, 0.15) is 0 Å². The lowest BCUT2D eigenvalue weighted by atomic mass is 10.2. The minimum absolute atomic E-state index is 0.0475. The minimum Gasteiger partial charge on any atom is -0.375 e. The van der Waals surface area contributed by atoms with E-state index in [1.165, 1.54) is 11.3 Å². The molecule has 0 saturated carbocycles. The molecular weight excluding hydrogens is 324 g/mol. The van der Waals surface area contributed by atoms with Crippen molar-refractivity contribution in [2.75, 3.05) is 37.4 Å². The summed E-state index contributed by atoms with van der Waals surface area (Å²) in [7, 11) is -1.12. The number of nitrogens with one attached hydrogen (secondary N) is 1. The van der Waals surface area contributed by atoms with E-state index in [4.69, 9.17) is 5.73 Å². The number of rotatable bonds is 7. The number of nitrogens with two attached hydrogens (primary N) is 1. The molecule has 1 fully saturated rings. The summed E-state index contributed by atoms with van der Waals surface area (Å²) in [4.78, 5) is 17.8. The molecular formula is C13H22N4O3S2. The largest absolute Gasteiger partial charge is 0.375 e. The highest BCUT2D eigenvalue weighted by atomic mass is 32.2. The van der Waals surface area contributed by atoms with Crippen molar-refractivity contribution in [1.29, 1.82) is 0 Å². The molecule has 0 bridgehead atoms. The zero-order valence-electron chi connectivity index (χ0n) is 12.6. The number of anilines is 1. The third kappa shape index (κ3) is 5.22. The average molecular weight is 346 g/mol. The summed E-state index contributed by atoms with van der Waals surface area (Å²) in [5, 5.41) is 5.33. The van der Waals surface area contributed by atoms with Crippen molar-refractivity contribution >= 4 is 32.2 Å².